The highest BCUT2D eigenvalue weighted by Crippen LogP contribution is 2.27. The van der Waals surface area contributed by atoms with Gasteiger partial charge in [-0.3, -0.25) is 0 Å². The summed E-state index contributed by atoms with van der Waals surface area (Å²) in [5.74, 6) is -0.450. The normalized spacial score (nSPS) is 13.7. The number of aryl methyl sites for hydroxylation is 2. The third-order valence-electron chi connectivity index (χ3n) is 3.23. The van der Waals surface area contributed by atoms with Gasteiger partial charge < -0.3 is 10.2 Å². The van der Waals surface area contributed by atoms with Crippen LogP contribution in [0.25, 0.3) is 0 Å². The van der Waals surface area contributed by atoms with E-state index in [4.69, 9.17) is 5.11 Å². The van der Waals surface area contributed by atoms with Crippen LogP contribution in [-0.2, 0) is 9.84 Å². The molecule has 1 rings (SSSR count). The van der Waals surface area contributed by atoms with Crippen LogP contribution in [0.5, 0.6) is 0 Å². The Labute approximate surface area is 108 Å². The first-order valence-electron chi connectivity index (χ1n) is 5.79. The van der Waals surface area contributed by atoms with E-state index in [1.54, 1.807) is 13.8 Å². The summed E-state index contributed by atoms with van der Waals surface area (Å²) < 4.78 is 24.6. The maximum absolute atomic E-state index is 12.3. The molecule has 0 amide bonds. The molecule has 0 aliphatic rings. The number of hydrogen-bond donors (Lipinski definition) is 2. The Balaban J connectivity index is 3.41. The first kappa shape index (κ1) is 15.1. The minimum atomic E-state index is -3.59. The van der Waals surface area contributed by atoms with Gasteiger partial charge >= 0.3 is 0 Å². The predicted octanol–water partition coefficient (Wildman–Crippen LogP) is 1.05. The van der Waals surface area contributed by atoms with Crippen molar-refractivity contribution in [3.8, 4) is 0 Å². The molecule has 0 heterocycles. The van der Waals surface area contributed by atoms with Crippen LogP contribution in [0, 0.1) is 27.7 Å². The fourth-order valence-corrected chi connectivity index (χ4v) is 4.07. The highest BCUT2D eigenvalue weighted by molar-refractivity contribution is 7.91. The average Bonchev–Trinajstić information content (AvgIpc) is 2.25. The fraction of sp³-hybridized carbons (Fsp3) is 0.538. The summed E-state index contributed by atoms with van der Waals surface area (Å²) in [4.78, 5) is 0.285. The van der Waals surface area contributed by atoms with Crippen LogP contribution in [0.1, 0.15) is 22.3 Å². The second-order valence-corrected chi connectivity index (χ2v) is 6.68. The Morgan fingerprint density at radius 1 is 1.11 bits per heavy atom. The zero-order valence-electron chi connectivity index (χ0n) is 11.2. The van der Waals surface area contributed by atoms with Crippen molar-refractivity contribution in [3.05, 3.63) is 28.3 Å². The van der Waals surface area contributed by atoms with Gasteiger partial charge in [-0.25, -0.2) is 8.42 Å². The number of aliphatic hydroxyl groups excluding tert-OH is 2. The molecule has 0 bridgehead atoms. The van der Waals surface area contributed by atoms with Crippen molar-refractivity contribution in [2.24, 2.45) is 0 Å². The Morgan fingerprint density at radius 3 is 1.94 bits per heavy atom. The number of sulfone groups is 1. The first-order valence-corrected chi connectivity index (χ1v) is 7.45. The maximum Gasteiger partial charge on any atom is 0.181 e. The second kappa shape index (κ2) is 5.38. The van der Waals surface area contributed by atoms with Crippen molar-refractivity contribution in [1.82, 2.24) is 0 Å². The second-order valence-electron chi connectivity index (χ2n) is 4.71. The third kappa shape index (κ3) is 2.91. The monoisotopic (exact) mass is 272 g/mol. The Bertz CT molecular complexity index is 520. The molecule has 1 aromatic rings. The fourth-order valence-electron chi connectivity index (χ4n) is 2.04. The van der Waals surface area contributed by atoms with E-state index in [1.165, 1.54) is 0 Å². The van der Waals surface area contributed by atoms with Crippen LogP contribution in [-0.4, -0.2) is 37.1 Å². The summed E-state index contributed by atoms with van der Waals surface area (Å²) in [6, 6.07) is 1.95. The van der Waals surface area contributed by atoms with E-state index in [1.807, 2.05) is 19.9 Å². The quantitative estimate of drug-likeness (QED) is 0.859. The summed E-state index contributed by atoms with van der Waals surface area (Å²) in [5.41, 5.74) is 3.25. The number of hydrogen-bond acceptors (Lipinski definition) is 4. The van der Waals surface area contributed by atoms with Gasteiger partial charge in [0.05, 0.1) is 23.4 Å². The summed E-state index contributed by atoms with van der Waals surface area (Å²) in [7, 11) is -3.59. The number of aliphatic hydroxyl groups is 2. The molecule has 18 heavy (non-hydrogen) atoms. The number of rotatable bonds is 4. The van der Waals surface area contributed by atoms with Gasteiger partial charge in [0.1, 0.15) is 0 Å². The van der Waals surface area contributed by atoms with Crippen molar-refractivity contribution in [1.29, 1.82) is 0 Å². The average molecular weight is 272 g/mol. The Hall–Kier alpha value is -0.910. The zero-order valence-corrected chi connectivity index (χ0v) is 12.0. The summed E-state index contributed by atoms with van der Waals surface area (Å²) in [6.07, 6.45) is -1.24. The molecule has 5 heteroatoms. The van der Waals surface area contributed by atoms with Crippen molar-refractivity contribution < 1.29 is 18.6 Å². The molecule has 4 nitrogen and oxygen atoms in total. The SMILES string of the molecule is Cc1cc(C)c(C)c(S(=O)(=O)C[C@H](O)CO)c1C. The minimum absolute atomic E-state index is 0.285. The van der Waals surface area contributed by atoms with Gasteiger partial charge in [-0.2, -0.15) is 0 Å². The molecule has 0 fully saturated rings. The molecular weight excluding hydrogens is 252 g/mol. The predicted molar refractivity (Wildman–Crippen MR) is 70.5 cm³/mol. The molecule has 0 saturated heterocycles. The lowest BCUT2D eigenvalue weighted by Crippen LogP contribution is -2.25. The summed E-state index contributed by atoms with van der Waals surface area (Å²) >= 11 is 0. The molecule has 1 atom stereocenters. The van der Waals surface area contributed by atoms with E-state index >= 15 is 0 Å². The van der Waals surface area contributed by atoms with Gasteiger partial charge in [0.15, 0.2) is 9.84 Å². The van der Waals surface area contributed by atoms with E-state index < -0.39 is 28.3 Å². The molecular formula is C13H20O4S. The molecule has 102 valence electrons. The lowest BCUT2D eigenvalue weighted by Gasteiger charge is -2.16. The van der Waals surface area contributed by atoms with Gasteiger partial charge in [-0.15, -0.1) is 0 Å². The van der Waals surface area contributed by atoms with E-state index in [-0.39, 0.29) is 4.90 Å². The molecule has 2 N–H and O–H groups in total. The Kier molecular flexibility index (Phi) is 4.53. The largest absolute Gasteiger partial charge is 0.394 e. The van der Waals surface area contributed by atoms with Gasteiger partial charge in [-0.1, -0.05) is 6.07 Å². The smallest absolute Gasteiger partial charge is 0.181 e. The zero-order chi connectivity index (χ0) is 14.1. The topological polar surface area (TPSA) is 74.6 Å². The Morgan fingerprint density at radius 2 is 1.56 bits per heavy atom. The van der Waals surface area contributed by atoms with E-state index in [2.05, 4.69) is 0 Å². The van der Waals surface area contributed by atoms with Crippen molar-refractivity contribution in [2.45, 2.75) is 38.7 Å². The molecule has 0 radical (unpaired) electrons. The lowest BCUT2D eigenvalue weighted by molar-refractivity contribution is 0.112. The molecule has 1 aromatic carbocycles. The van der Waals surface area contributed by atoms with Crippen LogP contribution in [0.4, 0.5) is 0 Å². The highest BCUT2D eigenvalue weighted by atomic mass is 32.2. The van der Waals surface area contributed by atoms with Crippen molar-refractivity contribution in [2.75, 3.05) is 12.4 Å². The van der Waals surface area contributed by atoms with Crippen LogP contribution < -0.4 is 0 Å². The van der Waals surface area contributed by atoms with Gasteiger partial charge in [0.2, 0.25) is 0 Å². The molecule has 0 aliphatic heterocycles. The maximum atomic E-state index is 12.3. The van der Waals surface area contributed by atoms with Crippen LogP contribution in [0.3, 0.4) is 0 Å². The molecule has 0 saturated carbocycles. The van der Waals surface area contributed by atoms with E-state index in [9.17, 15) is 13.5 Å². The summed E-state index contributed by atoms with van der Waals surface area (Å²) in [5, 5.41) is 18.1. The standard InChI is InChI=1S/C13H20O4S/c1-8-5-9(2)11(4)13(10(8)3)18(16,17)7-12(15)6-14/h5,12,14-15H,6-7H2,1-4H3/t12-/m1/s1. The van der Waals surface area contributed by atoms with Crippen LogP contribution in [0.2, 0.25) is 0 Å². The van der Waals surface area contributed by atoms with E-state index in [0.717, 1.165) is 11.1 Å². The molecule has 0 aromatic heterocycles. The van der Waals surface area contributed by atoms with Crippen molar-refractivity contribution in [3.63, 3.8) is 0 Å². The number of benzene rings is 1. The van der Waals surface area contributed by atoms with Crippen molar-refractivity contribution >= 4 is 9.84 Å². The molecule has 0 spiro atoms. The summed E-state index contributed by atoms with van der Waals surface area (Å²) in [6.45, 7) is 6.70. The van der Waals surface area contributed by atoms with Gasteiger partial charge in [0, 0.05) is 0 Å². The van der Waals surface area contributed by atoms with Gasteiger partial charge in [-0.05, 0) is 49.9 Å². The lowest BCUT2D eigenvalue weighted by atomic mass is 10.0. The minimum Gasteiger partial charge on any atom is -0.394 e. The van der Waals surface area contributed by atoms with Crippen LogP contribution in [0.15, 0.2) is 11.0 Å². The van der Waals surface area contributed by atoms with Crippen LogP contribution >= 0.6 is 0 Å². The molecule has 0 unspecified atom stereocenters. The van der Waals surface area contributed by atoms with Gasteiger partial charge in [0.25, 0.3) is 0 Å². The third-order valence-corrected chi connectivity index (χ3v) is 5.29. The molecule has 0 aliphatic carbocycles. The van der Waals surface area contributed by atoms with E-state index in [0.29, 0.717) is 11.1 Å². The highest BCUT2D eigenvalue weighted by Gasteiger charge is 2.24. The first-order chi connectivity index (χ1) is 8.20.